The Hall–Kier alpha value is -2.38. The third kappa shape index (κ3) is 5.61. The highest BCUT2D eigenvalue weighted by molar-refractivity contribution is 6.30. The first-order valence-corrected chi connectivity index (χ1v) is 10.5. The van der Waals surface area contributed by atoms with E-state index in [0.29, 0.717) is 23.1 Å². The predicted octanol–water partition coefficient (Wildman–Crippen LogP) is 4.55. The van der Waals surface area contributed by atoms with Crippen molar-refractivity contribution in [2.45, 2.75) is 13.1 Å². The lowest BCUT2D eigenvalue weighted by molar-refractivity contribution is 0.102. The molecule has 3 aromatic rings. The van der Waals surface area contributed by atoms with Crippen molar-refractivity contribution in [3.8, 4) is 0 Å². The number of piperazine rings is 1. The number of nitrogens with zero attached hydrogens (tertiary/aromatic N) is 3. The van der Waals surface area contributed by atoms with Crippen LogP contribution in [-0.4, -0.2) is 46.9 Å². The Bertz CT molecular complexity index is 998. The number of carbonyl (C=O) groups excluding carboxylic acids is 1. The van der Waals surface area contributed by atoms with E-state index in [1.807, 2.05) is 18.2 Å². The fourth-order valence-electron chi connectivity index (χ4n) is 3.41. The third-order valence-corrected chi connectivity index (χ3v) is 5.49. The number of amides is 1. The van der Waals surface area contributed by atoms with E-state index in [-0.39, 0.29) is 11.6 Å². The lowest BCUT2D eigenvalue weighted by Crippen LogP contribution is -2.45. The number of benzene rings is 2. The summed E-state index contributed by atoms with van der Waals surface area (Å²) in [5, 5.41) is 4.17. The molecule has 0 saturated carbocycles. The maximum absolute atomic E-state index is 12.3. The van der Waals surface area contributed by atoms with E-state index in [1.54, 1.807) is 24.3 Å². The summed E-state index contributed by atoms with van der Waals surface area (Å²) in [6.07, 6.45) is 1.40. The third-order valence-electron chi connectivity index (χ3n) is 5.01. The quantitative estimate of drug-likeness (QED) is 0.603. The zero-order valence-electron chi connectivity index (χ0n) is 16.4. The number of aromatic nitrogens is 1. The zero-order valence-corrected chi connectivity index (χ0v) is 17.9. The molecular formula is C22H22Cl2N4O2. The van der Waals surface area contributed by atoms with Gasteiger partial charge in [0, 0.05) is 48.5 Å². The van der Waals surface area contributed by atoms with E-state index in [0.717, 1.165) is 37.7 Å². The van der Waals surface area contributed by atoms with Crippen molar-refractivity contribution in [1.82, 2.24) is 14.8 Å². The van der Waals surface area contributed by atoms with E-state index in [2.05, 4.69) is 26.2 Å². The normalized spacial score (nSPS) is 15.3. The molecule has 4 rings (SSSR count). The molecule has 2 heterocycles. The lowest BCUT2D eigenvalue weighted by Gasteiger charge is -2.34. The summed E-state index contributed by atoms with van der Waals surface area (Å²) in [7, 11) is 0. The Morgan fingerprint density at radius 2 is 1.67 bits per heavy atom. The van der Waals surface area contributed by atoms with Gasteiger partial charge in [-0.15, -0.1) is 0 Å². The van der Waals surface area contributed by atoms with Gasteiger partial charge >= 0.3 is 0 Å². The van der Waals surface area contributed by atoms with Gasteiger partial charge in [-0.05, 0) is 42.0 Å². The van der Waals surface area contributed by atoms with Crippen molar-refractivity contribution in [2.75, 3.05) is 31.5 Å². The first-order chi connectivity index (χ1) is 14.5. The van der Waals surface area contributed by atoms with Crippen LogP contribution in [0.5, 0.6) is 0 Å². The predicted molar refractivity (Wildman–Crippen MR) is 118 cm³/mol. The molecule has 8 heteroatoms. The van der Waals surface area contributed by atoms with Crippen molar-refractivity contribution < 1.29 is 9.21 Å². The molecule has 6 nitrogen and oxygen atoms in total. The Morgan fingerprint density at radius 1 is 0.967 bits per heavy atom. The number of carbonyl (C=O) groups is 1. The molecule has 0 atom stereocenters. The van der Waals surface area contributed by atoms with Crippen LogP contribution in [-0.2, 0) is 13.1 Å². The Balaban J connectivity index is 1.26. The molecule has 0 spiro atoms. The standard InChI is InChI=1S/C22H22Cl2N4O2/c23-17-4-6-19(7-5-17)25-22(29)20-15-30-21(26-20)14-28-10-8-27(9-11-28)13-16-2-1-3-18(24)12-16/h1-7,12,15H,8-11,13-14H2,(H,25,29). The number of halogens is 2. The number of anilines is 1. The van der Waals surface area contributed by atoms with Crippen molar-refractivity contribution in [2.24, 2.45) is 0 Å². The van der Waals surface area contributed by atoms with Gasteiger partial charge < -0.3 is 9.73 Å². The Kier molecular flexibility index (Phi) is 6.69. The largest absolute Gasteiger partial charge is 0.447 e. The van der Waals surface area contributed by atoms with Crippen LogP contribution in [0, 0.1) is 0 Å². The highest BCUT2D eigenvalue weighted by Crippen LogP contribution is 2.16. The second-order valence-electron chi connectivity index (χ2n) is 7.27. The molecule has 1 amide bonds. The number of oxazole rings is 1. The van der Waals surface area contributed by atoms with Crippen molar-refractivity contribution in [1.29, 1.82) is 0 Å². The van der Waals surface area contributed by atoms with Crippen molar-refractivity contribution in [3.05, 3.63) is 82.0 Å². The van der Waals surface area contributed by atoms with Gasteiger partial charge in [0.1, 0.15) is 6.26 Å². The molecule has 0 radical (unpaired) electrons. The summed E-state index contributed by atoms with van der Waals surface area (Å²) in [5.74, 6) is 0.234. The molecule has 0 bridgehead atoms. The molecule has 0 unspecified atom stereocenters. The molecule has 1 N–H and O–H groups in total. The van der Waals surface area contributed by atoms with Gasteiger partial charge in [-0.25, -0.2) is 4.98 Å². The van der Waals surface area contributed by atoms with Crippen LogP contribution in [0.4, 0.5) is 5.69 Å². The van der Waals surface area contributed by atoms with Gasteiger partial charge in [-0.3, -0.25) is 14.6 Å². The van der Waals surface area contributed by atoms with Crippen molar-refractivity contribution in [3.63, 3.8) is 0 Å². The summed E-state index contributed by atoms with van der Waals surface area (Å²) in [4.78, 5) is 21.4. The molecule has 1 fully saturated rings. The van der Waals surface area contributed by atoms with Crippen molar-refractivity contribution >= 4 is 34.8 Å². The van der Waals surface area contributed by atoms with Gasteiger partial charge in [-0.2, -0.15) is 0 Å². The first kappa shape index (κ1) is 20.9. The highest BCUT2D eigenvalue weighted by Gasteiger charge is 2.20. The van der Waals surface area contributed by atoms with E-state index in [9.17, 15) is 4.79 Å². The van der Waals surface area contributed by atoms with Crippen LogP contribution in [0.15, 0.2) is 59.2 Å². The van der Waals surface area contributed by atoms with Crippen LogP contribution >= 0.6 is 23.2 Å². The average molecular weight is 445 g/mol. The van der Waals surface area contributed by atoms with E-state index in [1.165, 1.54) is 11.8 Å². The second kappa shape index (κ2) is 9.62. The summed E-state index contributed by atoms with van der Waals surface area (Å²) in [6.45, 7) is 5.21. The lowest BCUT2D eigenvalue weighted by atomic mass is 10.2. The van der Waals surface area contributed by atoms with Gasteiger partial charge in [0.05, 0.1) is 6.54 Å². The molecule has 30 heavy (non-hydrogen) atoms. The van der Waals surface area contributed by atoms with Crippen LogP contribution in [0.3, 0.4) is 0 Å². The fraction of sp³-hybridized carbons (Fsp3) is 0.273. The van der Waals surface area contributed by atoms with Gasteiger partial charge in [0.25, 0.3) is 5.91 Å². The average Bonchev–Trinajstić information content (AvgIpc) is 3.20. The molecule has 156 valence electrons. The zero-order chi connectivity index (χ0) is 20.9. The molecule has 2 aromatic carbocycles. The maximum Gasteiger partial charge on any atom is 0.277 e. The second-order valence-corrected chi connectivity index (χ2v) is 8.14. The van der Waals surface area contributed by atoms with Crippen LogP contribution in [0.2, 0.25) is 10.0 Å². The van der Waals surface area contributed by atoms with E-state index < -0.39 is 0 Å². The van der Waals surface area contributed by atoms with Gasteiger partial charge in [-0.1, -0.05) is 35.3 Å². The van der Waals surface area contributed by atoms with Crippen LogP contribution < -0.4 is 5.32 Å². The SMILES string of the molecule is O=C(Nc1ccc(Cl)cc1)c1coc(CN2CCN(Cc3cccc(Cl)c3)CC2)n1. The molecule has 0 aliphatic carbocycles. The topological polar surface area (TPSA) is 61.6 Å². The molecule has 1 saturated heterocycles. The number of hydrogen-bond donors (Lipinski definition) is 1. The summed E-state index contributed by atoms with van der Waals surface area (Å²) >= 11 is 11.9. The first-order valence-electron chi connectivity index (χ1n) is 9.76. The Morgan fingerprint density at radius 3 is 2.37 bits per heavy atom. The summed E-state index contributed by atoms with van der Waals surface area (Å²) in [5.41, 5.74) is 2.14. The smallest absolute Gasteiger partial charge is 0.277 e. The minimum Gasteiger partial charge on any atom is -0.447 e. The van der Waals surface area contributed by atoms with Crippen LogP contribution in [0.1, 0.15) is 21.9 Å². The number of hydrogen-bond acceptors (Lipinski definition) is 5. The number of nitrogens with one attached hydrogen (secondary N) is 1. The van der Waals surface area contributed by atoms with E-state index >= 15 is 0 Å². The summed E-state index contributed by atoms with van der Waals surface area (Å²) in [6, 6.07) is 14.9. The fourth-order valence-corrected chi connectivity index (χ4v) is 3.75. The minimum atomic E-state index is -0.307. The minimum absolute atomic E-state index is 0.263. The molecule has 1 aliphatic heterocycles. The molecular weight excluding hydrogens is 423 g/mol. The Labute approximate surface area is 185 Å². The maximum atomic E-state index is 12.3. The monoisotopic (exact) mass is 444 g/mol. The highest BCUT2D eigenvalue weighted by atomic mass is 35.5. The van der Waals surface area contributed by atoms with Crippen LogP contribution in [0.25, 0.3) is 0 Å². The number of rotatable bonds is 6. The van der Waals surface area contributed by atoms with Gasteiger partial charge in [0.15, 0.2) is 5.69 Å². The van der Waals surface area contributed by atoms with E-state index in [4.69, 9.17) is 27.6 Å². The summed E-state index contributed by atoms with van der Waals surface area (Å²) < 4.78 is 5.52. The molecule has 1 aromatic heterocycles. The molecule has 1 aliphatic rings. The van der Waals surface area contributed by atoms with Gasteiger partial charge in [0.2, 0.25) is 5.89 Å².